The molecule has 1 amide bonds. The van der Waals surface area contributed by atoms with Gasteiger partial charge in [0, 0.05) is 18.8 Å². The summed E-state index contributed by atoms with van der Waals surface area (Å²) in [6.45, 7) is 0. The number of nitrogens with zero attached hydrogens (tertiary/aromatic N) is 2. The Hall–Kier alpha value is -1.72. The lowest BCUT2D eigenvalue weighted by molar-refractivity contribution is -0.117. The van der Waals surface area contributed by atoms with Crippen molar-refractivity contribution < 1.29 is 13.6 Å². The quantitative estimate of drug-likeness (QED) is 0.762. The molecule has 0 saturated carbocycles. The highest BCUT2D eigenvalue weighted by Gasteiger charge is 2.00. The molecule has 1 aromatic heterocycles. The topological polar surface area (TPSA) is 46.9 Å². The molecule has 82 valence electrons. The minimum absolute atomic E-state index is 0.208. The Morgan fingerprint density at radius 3 is 2.93 bits per heavy atom. The van der Waals surface area contributed by atoms with Crippen LogP contribution in [0.25, 0.3) is 0 Å². The SMILES string of the molecule is O=C(CCCC=C(F)F)Nn1ccnc1. The zero-order valence-corrected chi connectivity index (χ0v) is 7.99. The van der Waals surface area contributed by atoms with Crippen molar-refractivity contribution in [3.8, 4) is 0 Å². The van der Waals surface area contributed by atoms with Crippen molar-refractivity contribution in [2.24, 2.45) is 0 Å². The second-order valence-electron chi connectivity index (χ2n) is 2.89. The van der Waals surface area contributed by atoms with Crippen LogP contribution in [0.5, 0.6) is 0 Å². The van der Waals surface area contributed by atoms with Gasteiger partial charge in [-0.15, -0.1) is 0 Å². The van der Waals surface area contributed by atoms with Crippen molar-refractivity contribution in [3.63, 3.8) is 0 Å². The van der Waals surface area contributed by atoms with Crippen LogP contribution in [-0.4, -0.2) is 15.6 Å². The summed E-state index contributed by atoms with van der Waals surface area (Å²) in [5, 5.41) is 0. The average Bonchev–Trinajstić information content (AvgIpc) is 2.64. The lowest BCUT2D eigenvalue weighted by Gasteiger charge is -2.03. The van der Waals surface area contributed by atoms with Gasteiger partial charge in [0.1, 0.15) is 6.33 Å². The summed E-state index contributed by atoms with van der Waals surface area (Å²) in [5.74, 6) is -0.222. The van der Waals surface area contributed by atoms with Gasteiger partial charge >= 0.3 is 0 Å². The fourth-order valence-electron chi connectivity index (χ4n) is 0.999. The van der Waals surface area contributed by atoms with E-state index >= 15 is 0 Å². The number of unbranched alkanes of at least 4 members (excludes halogenated alkanes) is 1. The van der Waals surface area contributed by atoms with Crippen molar-refractivity contribution >= 4 is 5.91 Å². The van der Waals surface area contributed by atoms with Crippen molar-refractivity contribution in [3.05, 3.63) is 30.9 Å². The summed E-state index contributed by atoms with van der Waals surface area (Å²) in [5.41, 5.74) is 2.52. The lowest BCUT2D eigenvalue weighted by atomic mass is 10.2. The van der Waals surface area contributed by atoms with Crippen LogP contribution < -0.4 is 5.43 Å². The smallest absolute Gasteiger partial charge is 0.266 e. The molecule has 1 rings (SSSR count). The second-order valence-corrected chi connectivity index (χ2v) is 2.89. The number of aromatic nitrogens is 2. The normalized spacial score (nSPS) is 9.73. The maximum absolute atomic E-state index is 11.6. The van der Waals surface area contributed by atoms with Gasteiger partial charge in [0.25, 0.3) is 6.08 Å². The molecule has 6 heteroatoms. The first-order valence-electron chi connectivity index (χ1n) is 4.47. The van der Waals surface area contributed by atoms with Crippen molar-refractivity contribution in [2.45, 2.75) is 19.3 Å². The van der Waals surface area contributed by atoms with Gasteiger partial charge in [-0.1, -0.05) is 0 Å². The molecule has 0 radical (unpaired) electrons. The molecule has 4 nitrogen and oxygen atoms in total. The third-order valence-corrected chi connectivity index (χ3v) is 1.66. The first kappa shape index (κ1) is 11.4. The number of hydrogen-bond acceptors (Lipinski definition) is 2. The Labute approximate surface area is 85.6 Å². The second kappa shape index (κ2) is 5.90. The molecule has 0 unspecified atom stereocenters. The maximum atomic E-state index is 11.6. The van der Waals surface area contributed by atoms with Crippen molar-refractivity contribution in [1.29, 1.82) is 0 Å². The van der Waals surface area contributed by atoms with E-state index in [0.29, 0.717) is 6.42 Å². The van der Waals surface area contributed by atoms with Gasteiger partial charge in [-0.2, -0.15) is 8.78 Å². The Bertz CT molecular complexity index is 331. The Balaban J connectivity index is 2.17. The third kappa shape index (κ3) is 4.90. The van der Waals surface area contributed by atoms with Crippen molar-refractivity contribution in [1.82, 2.24) is 9.66 Å². The molecule has 0 atom stereocenters. The highest BCUT2D eigenvalue weighted by atomic mass is 19.3. The Kier molecular flexibility index (Phi) is 4.46. The molecule has 15 heavy (non-hydrogen) atoms. The minimum Gasteiger partial charge on any atom is -0.273 e. The van der Waals surface area contributed by atoms with Gasteiger partial charge in [-0.3, -0.25) is 10.2 Å². The first-order valence-corrected chi connectivity index (χ1v) is 4.47. The van der Waals surface area contributed by atoms with Gasteiger partial charge < -0.3 is 0 Å². The number of carbonyl (C=O) groups is 1. The van der Waals surface area contributed by atoms with Crippen molar-refractivity contribution in [2.75, 3.05) is 5.43 Å². The van der Waals surface area contributed by atoms with Gasteiger partial charge in [0.2, 0.25) is 5.91 Å². The van der Waals surface area contributed by atoms with E-state index in [1.807, 2.05) is 0 Å². The molecule has 0 saturated heterocycles. The largest absolute Gasteiger partial charge is 0.273 e. The molecule has 1 heterocycles. The molecule has 1 aromatic rings. The summed E-state index contributed by atoms with van der Waals surface area (Å²) in [6, 6.07) is 0. The lowest BCUT2D eigenvalue weighted by Crippen LogP contribution is -2.20. The summed E-state index contributed by atoms with van der Waals surface area (Å²) < 4.78 is 24.6. The molecule has 0 fully saturated rings. The van der Waals surface area contributed by atoms with E-state index in [0.717, 1.165) is 6.08 Å². The van der Waals surface area contributed by atoms with Gasteiger partial charge in [-0.25, -0.2) is 9.66 Å². The van der Waals surface area contributed by atoms with Crippen LogP contribution in [0.1, 0.15) is 19.3 Å². The molecule has 0 aromatic carbocycles. The van der Waals surface area contributed by atoms with E-state index in [2.05, 4.69) is 10.4 Å². The number of rotatable bonds is 5. The summed E-state index contributed by atoms with van der Waals surface area (Å²) in [4.78, 5) is 14.9. The van der Waals surface area contributed by atoms with Crippen LogP contribution in [0.3, 0.4) is 0 Å². The molecule has 1 N–H and O–H groups in total. The Morgan fingerprint density at radius 1 is 1.53 bits per heavy atom. The van der Waals surface area contributed by atoms with Crippen LogP contribution in [-0.2, 0) is 4.79 Å². The number of imidazole rings is 1. The fourth-order valence-corrected chi connectivity index (χ4v) is 0.999. The van der Waals surface area contributed by atoms with E-state index < -0.39 is 6.08 Å². The van der Waals surface area contributed by atoms with Gasteiger partial charge in [-0.05, 0) is 18.9 Å². The third-order valence-electron chi connectivity index (χ3n) is 1.66. The highest BCUT2D eigenvalue weighted by molar-refractivity contribution is 5.83. The van der Waals surface area contributed by atoms with Crippen LogP contribution >= 0.6 is 0 Å². The number of halogens is 2. The van der Waals surface area contributed by atoms with Crippen LogP contribution in [0, 0.1) is 0 Å². The number of amides is 1. The summed E-state index contributed by atoms with van der Waals surface area (Å²) in [6.07, 6.45) is 4.48. The molecular weight excluding hydrogens is 204 g/mol. The monoisotopic (exact) mass is 215 g/mol. The van der Waals surface area contributed by atoms with Gasteiger partial charge in [0.05, 0.1) is 0 Å². The zero-order chi connectivity index (χ0) is 11.1. The molecule has 0 aliphatic rings. The maximum Gasteiger partial charge on any atom is 0.266 e. The zero-order valence-electron chi connectivity index (χ0n) is 7.99. The number of allylic oxidation sites excluding steroid dienone is 1. The molecular formula is C9H11F2N3O. The highest BCUT2D eigenvalue weighted by Crippen LogP contribution is 2.03. The van der Waals surface area contributed by atoms with E-state index in [9.17, 15) is 13.6 Å². The number of carbonyl (C=O) groups excluding carboxylic acids is 1. The summed E-state index contributed by atoms with van der Waals surface area (Å²) >= 11 is 0. The van der Waals surface area contributed by atoms with E-state index in [1.165, 1.54) is 17.2 Å². The Morgan fingerprint density at radius 2 is 2.33 bits per heavy atom. The first-order chi connectivity index (χ1) is 7.18. The number of hydrogen-bond donors (Lipinski definition) is 1. The standard InChI is InChI=1S/C9H11F2N3O/c10-8(11)3-1-2-4-9(15)13-14-6-5-12-7-14/h3,5-7H,1-2,4H2,(H,13,15). The average molecular weight is 215 g/mol. The fraction of sp³-hybridized carbons (Fsp3) is 0.333. The van der Waals surface area contributed by atoms with Gasteiger partial charge in [0.15, 0.2) is 0 Å². The van der Waals surface area contributed by atoms with Crippen LogP contribution in [0.2, 0.25) is 0 Å². The predicted molar refractivity (Wildman–Crippen MR) is 50.7 cm³/mol. The molecule has 0 aliphatic heterocycles. The molecule has 0 aliphatic carbocycles. The minimum atomic E-state index is -1.70. The summed E-state index contributed by atoms with van der Waals surface area (Å²) in [7, 11) is 0. The van der Waals surface area contributed by atoms with E-state index in [1.54, 1.807) is 6.20 Å². The molecule has 0 bridgehead atoms. The number of nitrogens with one attached hydrogen (secondary N) is 1. The predicted octanol–water partition coefficient (Wildman–Crippen LogP) is 1.90. The van der Waals surface area contributed by atoms with E-state index in [-0.39, 0.29) is 18.7 Å². The van der Waals surface area contributed by atoms with E-state index in [4.69, 9.17) is 0 Å². The molecule has 0 spiro atoms. The van der Waals surface area contributed by atoms with Crippen LogP contribution in [0.15, 0.2) is 30.9 Å². The van der Waals surface area contributed by atoms with Crippen LogP contribution in [0.4, 0.5) is 8.78 Å².